The van der Waals surface area contributed by atoms with Gasteiger partial charge in [0.05, 0.1) is 0 Å². The van der Waals surface area contributed by atoms with Crippen LogP contribution in [0, 0.1) is 5.92 Å². The normalized spacial score (nSPS) is 31.5. The van der Waals surface area contributed by atoms with Crippen LogP contribution >= 0.6 is 0 Å². The molecule has 1 N–H and O–H groups in total. The Morgan fingerprint density at radius 1 is 0.857 bits per heavy atom. The Kier molecular flexibility index (Phi) is 7.01. The number of hydrogen-bond donors (Lipinski definition) is 1. The van der Waals surface area contributed by atoms with Gasteiger partial charge in [-0.05, 0) is 31.7 Å². The fraction of sp³-hybridized carbons (Fsp3) is 0.944. The molecule has 1 heterocycles. The second kappa shape index (κ2) is 8.77. The average Bonchev–Trinajstić information content (AvgIpc) is 2.81. The summed E-state index contributed by atoms with van der Waals surface area (Å²) in [4.78, 5) is 13.9. The molecule has 0 aromatic rings. The highest BCUT2D eigenvalue weighted by Crippen LogP contribution is 2.30. The van der Waals surface area contributed by atoms with E-state index in [0.717, 1.165) is 13.0 Å². The first-order valence-corrected chi connectivity index (χ1v) is 9.18. The van der Waals surface area contributed by atoms with Crippen molar-refractivity contribution in [3.05, 3.63) is 0 Å². The maximum Gasteiger partial charge on any atom is 0.321 e. The number of carboxylic acid groups (broad SMARTS) is 1. The minimum absolute atomic E-state index is 0.233. The van der Waals surface area contributed by atoms with Crippen LogP contribution < -0.4 is 0 Å². The van der Waals surface area contributed by atoms with Crippen molar-refractivity contribution in [2.24, 2.45) is 5.92 Å². The van der Waals surface area contributed by atoms with Crippen molar-refractivity contribution in [1.82, 2.24) is 4.90 Å². The van der Waals surface area contributed by atoms with Crippen LogP contribution in [0.5, 0.6) is 0 Å². The maximum atomic E-state index is 11.6. The van der Waals surface area contributed by atoms with Crippen molar-refractivity contribution >= 4 is 5.97 Å². The summed E-state index contributed by atoms with van der Waals surface area (Å²) in [7, 11) is 0. The van der Waals surface area contributed by atoms with E-state index in [1.165, 1.54) is 70.6 Å². The minimum atomic E-state index is -0.605. The SMILES string of the molecule is CC1CCN(C2CCCCCCCCCCC2)C1C(=O)O. The molecule has 3 nitrogen and oxygen atoms in total. The summed E-state index contributed by atoms with van der Waals surface area (Å²) in [5.74, 6) is -0.296. The Hall–Kier alpha value is -0.570. The molecular weight excluding hydrogens is 262 g/mol. The molecular formula is C18H33NO2. The Labute approximate surface area is 130 Å². The van der Waals surface area contributed by atoms with Gasteiger partial charge in [0.25, 0.3) is 0 Å². The number of carbonyl (C=O) groups is 1. The lowest BCUT2D eigenvalue weighted by atomic mass is 9.95. The van der Waals surface area contributed by atoms with Gasteiger partial charge in [0.15, 0.2) is 0 Å². The van der Waals surface area contributed by atoms with E-state index in [-0.39, 0.29) is 6.04 Å². The lowest BCUT2D eigenvalue weighted by Crippen LogP contribution is -2.45. The van der Waals surface area contributed by atoms with Crippen molar-refractivity contribution in [1.29, 1.82) is 0 Å². The molecule has 122 valence electrons. The molecule has 1 saturated carbocycles. The molecule has 2 atom stereocenters. The van der Waals surface area contributed by atoms with Gasteiger partial charge in [-0.1, -0.05) is 64.7 Å². The fourth-order valence-corrected chi connectivity index (χ4v) is 4.24. The van der Waals surface area contributed by atoms with E-state index in [4.69, 9.17) is 0 Å². The molecule has 0 spiro atoms. The summed E-state index contributed by atoms with van der Waals surface area (Å²) < 4.78 is 0. The second-order valence-electron chi connectivity index (χ2n) is 7.20. The highest BCUT2D eigenvalue weighted by atomic mass is 16.4. The zero-order chi connectivity index (χ0) is 15.1. The van der Waals surface area contributed by atoms with E-state index < -0.39 is 5.97 Å². The van der Waals surface area contributed by atoms with Crippen LogP contribution in [0.4, 0.5) is 0 Å². The van der Waals surface area contributed by atoms with E-state index in [9.17, 15) is 9.90 Å². The average molecular weight is 295 g/mol. The summed E-state index contributed by atoms with van der Waals surface area (Å²) in [5, 5.41) is 9.55. The standard InChI is InChI=1S/C18H33NO2/c1-15-13-14-19(17(15)18(20)21)16-11-9-7-5-3-2-4-6-8-10-12-16/h15-17H,2-14H2,1H3,(H,20,21). The van der Waals surface area contributed by atoms with E-state index >= 15 is 0 Å². The van der Waals surface area contributed by atoms with Crippen LogP contribution in [0.25, 0.3) is 0 Å². The zero-order valence-electron chi connectivity index (χ0n) is 13.7. The van der Waals surface area contributed by atoms with Gasteiger partial charge < -0.3 is 5.11 Å². The Bertz CT molecular complexity index is 306. The van der Waals surface area contributed by atoms with Crippen LogP contribution in [0.3, 0.4) is 0 Å². The van der Waals surface area contributed by atoms with Crippen molar-refractivity contribution in [3.63, 3.8) is 0 Å². The van der Waals surface area contributed by atoms with Crippen molar-refractivity contribution < 1.29 is 9.90 Å². The van der Waals surface area contributed by atoms with E-state index in [0.29, 0.717) is 12.0 Å². The fourth-order valence-electron chi connectivity index (χ4n) is 4.24. The third-order valence-corrected chi connectivity index (χ3v) is 5.54. The molecule has 3 heteroatoms. The van der Waals surface area contributed by atoms with E-state index in [2.05, 4.69) is 11.8 Å². The minimum Gasteiger partial charge on any atom is -0.480 e. The maximum absolute atomic E-state index is 11.6. The second-order valence-corrected chi connectivity index (χ2v) is 7.20. The van der Waals surface area contributed by atoms with Crippen LogP contribution in [-0.4, -0.2) is 34.6 Å². The van der Waals surface area contributed by atoms with Crippen LogP contribution in [-0.2, 0) is 4.79 Å². The third kappa shape index (κ3) is 4.98. The van der Waals surface area contributed by atoms with E-state index in [1.807, 2.05) is 0 Å². The molecule has 2 unspecified atom stereocenters. The Morgan fingerprint density at radius 3 is 1.81 bits per heavy atom. The number of rotatable bonds is 2. The van der Waals surface area contributed by atoms with Crippen LogP contribution in [0.2, 0.25) is 0 Å². The molecule has 1 saturated heterocycles. The molecule has 2 aliphatic rings. The van der Waals surface area contributed by atoms with Gasteiger partial charge in [-0.3, -0.25) is 9.69 Å². The van der Waals surface area contributed by atoms with Gasteiger partial charge in [0, 0.05) is 6.04 Å². The smallest absolute Gasteiger partial charge is 0.321 e. The van der Waals surface area contributed by atoms with E-state index in [1.54, 1.807) is 0 Å². The Morgan fingerprint density at radius 2 is 1.33 bits per heavy atom. The number of likely N-dealkylation sites (tertiary alicyclic amines) is 1. The largest absolute Gasteiger partial charge is 0.480 e. The number of hydrogen-bond acceptors (Lipinski definition) is 2. The molecule has 0 aromatic carbocycles. The first-order chi connectivity index (χ1) is 10.2. The highest BCUT2D eigenvalue weighted by molar-refractivity contribution is 5.74. The summed E-state index contributed by atoms with van der Waals surface area (Å²) in [6.45, 7) is 3.09. The Balaban J connectivity index is 1.94. The first kappa shape index (κ1) is 16.8. The monoisotopic (exact) mass is 295 g/mol. The molecule has 1 aliphatic heterocycles. The molecule has 0 bridgehead atoms. The summed E-state index contributed by atoms with van der Waals surface area (Å²) in [5.41, 5.74) is 0. The first-order valence-electron chi connectivity index (χ1n) is 9.18. The molecule has 2 fully saturated rings. The summed E-state index contributed by atoms with van der Waals surface area (Å²) in [6, 6.07) is 0.276. The molecule has 0 radical (unpaired) electrons. The molecule has 1 aliphatic carbocycles. The molecule has 21 heavy (non-hydrogen) atoms. The van der Waals surface area contributed by atoms with Crippen molar-refractivity contribution in [2.45, 2.75) is 96.1 Å². The molecule has 0 aromatic heterocycles. The predicted octanol–water partition coefficient (Wildman–Crippen LogP) is 4.45. The van der Waals surface area contributed by atoms with Gasteiger partial charge >= 0.3 is 5.97 Å². The number of nitrogens with zero attached hydrogens (tertiary/aromatic N) is 1. The molecule has 2 rings (SSSR count). The van der Waals surface area contributed by atoms with Crippen molar-refractivity contribution in [3.8, 4) is 0 Å². The van der Waals surface area contributed by atoms with Gasteiger partial charge in [0.2, 0.25) is 0 Å². The summed E-state index contributed by atoms with van der Waals surface area (Å²) in [6.07, 6.45) is 15.6. The topological polar surface area (TPSA) is 40.5 Å². The number of carboxylic acids is 1. The van der Waals surface area contributed by atoms with Crippen molar-refractivity contribution in [2.75, 3.05) is 6.54 Å². The lowest BCUT2D eigenvalue weighted by Gasteiger charge is -2.32. The number of aliphatic carboxylic acids is 1. The predicted molar refractivity (Wildman–Crippen MR) is 86.5 cm³/mol. The quantitative estimate of drug-likeness (QED) is 0.818. The van der Waals surface area contributed by atoms with Crippen LogP contribution in [0.15, 0.2) is 0 Å². The van der Waals surface area contributed by atoms with Gasteiger partial charge in [0.1, 0.15) is 6.04 Å². The molecule has 0 amide bonds. The third-order valence-electron chi connectivity index (χ3n) is 5.54. The summed E-state index contributed by atoms with van der Waals surface area (Å²) >= 11 is 0. The van der Waals surface area contributed by atoms with Gasteiger partial charge in [-0.2, -0.15) is 0 Å². The lowest BCUT2D eigenvalue weighted by molar-refractivity contribution is -0.144. The van der Waals surface area contributed by atoms with Gasteiger partial charge in [-0.15, -0.1) is 0 Å². The highest BCUT2D eigenvalue weighted by Gasteiger charge is 2.39. The van der Waals surface area contributed by atoms with Gasteiger partial charge in [-0.25, -0.2) is 0 Å². The van der Waals surface area contributed by atoms with Crippen LogP contribution in [0.1, 0.15) is 84.0 Å². The zero-order valence-corrected chi connectivity index (χ0v) is 13.7.